The van der Waals surface area contributed by atoms with Crippen molar-refractivity contribution in [3.05, 3.63) is 11.9 Å². The third-order valence-electron chi connectivity index (χ3n) is 2.62. The van der Waals surface area contributed by atoms with Gasteiger partial charge in [-0.25, -0.2) is 18.7 Å². The number of hydrogen-bond acceptors (Lipinski definition) is 4. The van der Waals surface area contributed by atoms with Gasteiger partial charge in [-0.05, 0) is 12.8 Å². The van der Waals surface area contributed by atoms with E-state index in [1.54, 1.807) is 0 Å². The Hall–Kier alpha value is -1.60. The van der Waals surface area contributed by atoms with Crippen molar-refractivity contribution < 1.29 is 17.6 Å². The highest BCUT2D eigenvalue weighted by atomic mass is 19.3. The van der Waals surface area contributed by atoms with E-state index in [1.807, 2.05) is 20.8 Å². The van der Waals surface area contributed by atoms with Crippen LogP contribution in [0.25, 0.3) is 0 Å². The van der Waals surface area contributed by atoms with Crippen molar-refractivity contribution in [2.24, 2.45) is 0 Å². The molecule has 0 unspecified atom stereocenters. The first-order valence-corrected chi connectivity index (χ1v) is 6.28. The Morgan fingerprint density at radius 2 is 1.70 bits per heavy atom. The molecule has 0 amide bonds. The smallest absolute Gasteiger partial charge is 0.324 e. The largest absolute Gasteiger partial charge is 0.370 e. The Kier molecular flexibility index (Phi) is 5.52. The van der Waals surface area contributed by atoms with Gasteiger partial charge in [0.15, 0.2) is 0 Å². The summed E-state index contributed by atoms with van der Waals surface area (Å²) in [4.78, 5) is 7.90. The maximum absolute atomic E-state index is 12.9. The molecule has 1 rings (SSSR count). The summed E-state index contributed by atoms with van der Waals surface area (Å²) in [6, 6.07) is 0. The Bertz CT molecular complexity index is 437. The van der Waals surface area contributed by atoms with Gasteiger partial charge in [0, 0.05) is 12.1 Å². The van der Waals surface area contributed by atoms with Crippen molar-refractivity contribution in [3.63, 3.8) is 0 Å². The highest BCUT2D eigenvalue weighted by Crippen LogP contribution is 2.30. The first kappa shape index (κ1) is 16.5. The number of alkyl halides is 4. The molecule has 20 heavy (non-hydrogen) atoms. The molecule has 0 fully saturated rings. The Balaban J connectivity index is 2.97. The molecular weight excluding hydrogens is 276 g/mol. The second-order valence-electron chi connectivity index (χ2n) is 4.58. The molecule has 0 spiro atoms. The summed E-state index contributed by atoms with van der Waals surface area (Å²) in [5.41, 5.74) is 0.597. The van der Waals surface area contributed by atoms with Crippen LogP contribution in [0.5, 0.6) is 0 Å². The molecule has 0 saturated heterocycles. The van der Waals surface area contributed by atoms with Crippen molar-refractivity contribution >= 4 is 11.6 Å². The molecule has 4 nitrogen and oxygen atoms in total. The molecule has 2 N–H and O–H groups in total. The lowest BCUT2D eigenvalue weighted by Crippen LogP contribution is -2.35. The quantitative estimate of drug-likeness (QED) is 0.757. The van der Waals surface area contributed by atoms with Crippen molar-refractivity contribution in [2.45, 2.75) is 39.0 Å². The van der Waals surface area contributed by atoms with E-state index < -0.39 is 18.9 Å². The Labute approximate surface area is 115 Å². The molecule has 8 heteroatoms. The fourth-order valence-electron chi connectivity index (χ4n) is 1.67. The van der Waals surface area contributed by atoms with Gasteiger partial charge in [0.25, 0.3) is 0 Å². The number of anilines is 2. The Morgan fingerprint density at radius 1 is 1.15 bits per heavy atom. The molecule has 114 valence electrons. The maximum Gasteiger partial charge on any atom is 0.324 e. The van der Waals surface area contributed by atoms with E-state index in [0.717, 1.165) is 0 Å². The molecule has 0 saturated carbocycles. The lowest BCUT2D eigenvalue weighted by Gasteiger charge is -2.20. The van der Waals surface area contributed by atoms with E-state index in [2.05, 4.69) is 20.6 Å². The van der Waals surface area contributed by atoms with Gasteiger partial charge in [0.2, 0.25) is 0 Å². The van der Waals surface area contributed by atoms with E-state index in [9.17, 15) is 17.6 Å². The molecule has 0 aliphatic carbocycles. The van der Waals surface area contributed by atoms with E-state index >= 15 is 0 Å². The van der Waals surface area contributed by atoms with Crippen LogP contribution in [0, 0.1) is 0 Å². The molecule has 0 aliphatic heterocycles. The van der Waals surface area contributed by atoms with Gasteiger partial charge in [0.05, 0.1) is 6.54 Å². The minimum absolute atomic E-state index is 0.0482. The molecule has 0 bridgehead atoms. The fraction of sp³-hybridized carbons (Fsp3) is 0.667. The van der Waals surface area contributed by atoms with Gasteiger partial charge in [-0.1, -0.05) is 13.8 Å². The van der Waals surface area contributed by atoms with Crippen LogP contribution < -0.4 is 10.6 Å². The summed E-state index contributed by atoms with van der Waals surface area (Å²) in [7, 11) is 0. The lowest BCUT2D eigenvalue weighted by molar-refractivity contribution is -0.117. The minimum atomic E-state index is -4.10. The van der Waals surface area contributed by atoms with Crippen LogP contribution in [-0.4, -0.2) is 35.4 Å². The highest BCUT2D eigenvalue weighted by molar-refractivity contribution is 5.59. The van der Waals surface area contributed by atoms with E-state index in [1.165, 1.54) is 6.33 Å². The second kappa shape index (κ2) is 6.71. The van der Waals surface area contributed by atoms with Crippen LogP contribution in [0.2, 0.25) is 0 Å². The van der Waals surface area contributed by atoms with Crippen molar-refractivity contribution in [2.75, 3.05) is 23.7 Å². The summed E-state index contributed by atoms with van der Waals surface area (Å²) in [6.45, 7) is 4.98. The van der Waals surface area contributed by atoms with Crippen molar-refractivity contribution in [1.82, 2.24) is 9.97 Å². The molecule has 0 radical (unpaired) electrons. The zero-order valence-electron chi connectivity index (χ0n) is 11.6. The van der Waals surface area contributed by atoms with Crippen LogP contribution in [0.15, 0.2) is 6.33 Å². The van der Waals surface area contributed by atoms with Crippen molar-refractivity contribution in [3.8, 4) is 0 Å². The van der Waals surface area contributed by atoms with Crippen LogP contribution in [0.3, 0.4) is 0 Å². The normalized spacial score (nSPS) is 12.1. The van der Waals surface area contributed by atoms with E-state index in [4.69, 9.17) is 0 Å². The number of nitrogens with one attached hydrogen (secondary N) is 2. The summed E-state index contributed by atoms with van der Waals surface area (Å²) in [6.07, 6.45) is -2.51. The molecule has 0 aliphatic rings. The number of hydrogen-bond donors (Lipinski definition) is 2. The van der Waals surface area contributed by atoms with E-state index in [0.29, 0.717) is 17.9 Å². The SMILES string of the molecule is CCNc1ncnc(NCC(F)(F)C(F)F)c1C(C)C. The summed E-state index contributed by atoms with van der Waals surface area (Å²) < 4.78 is 50.2. The van der Waals surface area contributed by atoms with Crippen LogP contribution >= 0.6 is 0 Å². The monoisotopic (exact) mass is 294 g/mol. The van der Waals surface area contributed by atoms with Gasteiger partial charge < -0.3 is 10.6 Å². The second-order valence-corrected chi connectivity index (χ2v) is 4.58. The average molecular weight is 294 g/mol. The molecular formula is C12H18F4N4. The average Bonchev–Trinajstić information content (AvgIpc) is 2.36. The van der Waals surface area contributed by atoms with Crippen LogP contribution in [0.1, 0.15) is 32.3 Å². The van der Waals surface area contributed by atoms with Gasteiger partial charge in [-0.3, -0.25) is 0 Å². The number of nitrogens with zero attached hydrogens (tertiary/aromatic N) is 2. The Morgan fingerprint density at radius 3 is 2.15 bits per heavy atom. The standard InChI is InChI=1S/C12H18F4N4/c1-4-17-9-8(7(2)3)10(20-6-19-9)18-5-12(15,16)11(13)14/h6-7,11H,4-5H2,1-3H3,(H2,17,18,19,20). The van der Waals surface area contributed by atoms with Gasteiger partial charge in [-0.2, -0.15) is 8.78 Å². The first-order valence-electron chi connectivity index (χ1n) is 6.28. The first-order chi connectivity index (χ1) is 9.29. The van der Waals surface area contributed by atoms with E-state index in [-0.39, 0.29) is 11.7 Å². The van der Waals surface area contributed by atoms with Crippen LogP contribution in [0.4, 0.5) is 29.2 Å². The third kappa shape index (κ3) is 3.94. The predicted octanol–water partition coefficient (Wildman–Crippen LogP) is 3.34. The minimum Gasteiger partial charge on any atom is -0.370 e. The van der Waals surface area contributed by atoms with Crippen LogP contribution in [-0.2, 0) is 0 Å². The number of halogens is 4. The molecule has 1 aromatic rings. The van der Waals surface area contributed by atoms with Gasteiger partial charge >= 0.3 is 12.3 Å². The fourth-order valence-corrected chi connectivity index (χ4v) is 1.67. The molecule has 1 heterocycles. The molecule has 1 aromatic heterocycles. The third-order valence-corrected chi connectivity index (χ3v) is 2.62. The highest BCUT2D eigenvalue weighted by Gasteiger charge is 2.40. The maximum atomic E-state index is 12.9. The van der Waals surface area contributed by atoms with Gasteiger partial charge in [0.1, 0.15) is 18.0 Å². The lowest BCUT2D eigenvalue weighted by atomic mass is 10.0. The zero-order valence-corrected chi connectivity index (χ0v) is 11.6. The summed E-state index contributed by atoms with van der Waals surface area (Å²) in [5, 5.41) is 5.28. The molecule has 0 aromatic carbocycles. The predicted molar refractivity (Wildman–Crippen MR) is 69.7 cm³/mol. The zero-order chi connectivity index (χ0) is 15.3. The number of rotatable bonds is 7. The molecule has 0 atom stereocenters. The topological polar surface area (TPSA) is 49.8 Å². The number of aromatic nitrogens is 2. The van der Waals surface area contributed by atoms with Gasteiger partial charge in [-0.15, -0.1) is 0 Å². The summed E-state index contributed by atoms with van der Waals surface area (Å²) in [5.74, 6) is -3.49. The summed E-state index contributed by atoms with van der Waals surface area (Å²) >= 11 is 0. The van der Waals surface area contributed by atoms with Crippen molar-refractivity contribution in [1.29, 1.82) is 0 Å².